The van der Waals surface area contributed by atoms with E-state index in [2.05, 4.69) is 9.97 Å². The summed E-state index contributed by atoms with van der Waals surface area (Å²) < 4.78 is 29.6. The molecule has 0 saturated heterocycles. The number of nitrogens with zero attached hydrogens (tertiary/aromatic N) is 1. The first-order chi connectivity index (χ1) is 9.06. The number of H-pyrrole nitrogens is 1. The molecule has 8 heteroatoms. The van der Waals surface area contributed by atoms with E-state index in [0.29, 0.717) is 11.3 Å². The highest BCUT2D eigenvalue weighted by atomic mass is 35.5. The molecule has 2 rings (SSSR count). The van der Waals surface area contributed by atoms with E-state index in [-0.39, 0.29) is 30.4 Å². The van der Waals surface area contributed by atoms with Crippen LogP contribution in [0.3, 0.4) is 0 Å². The van der Waals surface area contributed by atoms with E-state index in [9.17, 15) is 13.6 Å². The first kappa shape index (κ1) is 15.9. The van der Waals surface area contributed by atoms with Gasteiger partial charge in [-0.05, 0) is 17.7 Å². The molecular weight excluding hydrogens is 292 g/mol. The van der Waals surface area contributed by atoms with Gasteiger partial charge < -0.3 is 15.5 Å². The number of hydrogen-bond acceptors (Lipinski definition) is 4. The standard InChI is InChI=1S/C12H11F2N3O2.ClH/c13-9(14)5-7-1-3-8(4-2-7)19-12-10(15)11(18)16-6-17-12;/h1-4,6,9H,5,15H2,(H,16,17,18);1H. The molecule has 0 aliphatic heterocycles. The van der Waals surface area contributed by atoms with Gasteiger partial charge in [0.15, 0.2) is 5.69 Å². The van der Waals surface area contributed by atoms with Gasteiger partial charge in [0.2, 0.25) is 12.3 Å². The number of ether oxygens (including phenoxy) is 1. The van der Waals surface area contributed by atoms with Crippen LogP contribution in [0.15, 0.2) is 35.4 Å². The van der Waals surface area contributed by atoms with E-state index in [0.717, 1.165) is 0 Å². The molecule has 0 aliphatic carbocycles. The molecule has 0 spiro atoms. The Morgan fingerprint density at radius 2 is 1.95 bits per heavy atom. The Morgan fingerprint density at radius 1 is 1.30 bits per heavy atom. The van der Waals surface area contributed by atoms with Gasteiger partial charge in [-0.2, -0.15) is 0 Å². The summed E-state index contributed by atoms with van der Waals surface area (Å²) in [6.07, 6.45) is -1.54. The fourth-order valence-electron chi connectivity index (χ4n) is 1.46. The maximum Gasteiger partial charge on any atom is 0.277 e. The van der Waals surface area contributed by atoms with Gasteiger partial charge in [0.1, 0.15) is 5.75 Å². The van der Waals surface area contributed by atoms with Gasteiger partial charge in [0, 0.05) is 6.42 Å². The van der Waals surface area contributed by atoms with Gasteiger partial charge in [-0.3, -0.25) is 4.79 Å². The predicted octanol–water partition coefficient (Wildman–Crippen LogP) is 2.37. The Hall–Kier alpha value is -2.15. The zero-order valence-electron chi connectivity index (χ0n) is 10.2. The maximum absolute atomic E-state index is 12.2. The number of aromatic nitrogens is 2. The lowest BCUT2D eigenvalue weighted by Gasteiger charge is -2.07. The van der Waals surface area contributed by atoms with E-state index < -0.39 is 12.0 Å². The molecule has 108 valence electrons. The van der Waals surface area contributed by atoms with Crippen molar-refractivity contribution in [3.63, 3.8) is 0 Å². The molecule has 0 unspecified atom stereocenters. The summed E-state index contributed by atoms with van der Waals surface area (Å²) in [6, 6.07) is 6.07. The highest BCUT2D eigenvalue weighted by Crippen LogP contribution is 2.22. The molecule has 20 heavy (non-hydrogen) atoms. The summed E-state index contributed by atoms with van der Waals surface area (Å²) in [6.45, 7) is 0. The van der Waals surface area contributed by atoms with Crippen LogP contribution in [-0.4, -0.2) is 16.4 Å². The number of anilines is 1. The van der Waals surface area contributed by atoms with E-state index in [1.165, 1.54) is 30.6 Å². The molecule has 1 heterocycles. The Morgan fingerprint density at radius 3 is 2.55 bits per heavy atom. The van der Waals surface area contributed by atoms with E-state index in [1.807, 2.05) is 0 Å². The third kappa shape index (κ3) is 3.92. The van der Waals surface area contributed by atoms with Crippen LogP contribution in [0.5, 0.6) is 11.6 Å². The number of hydrogen-bond donors (Lipinski definition) is 2. The number of aromatic amines is 1. The largest absolute Gasteiger partial charge is 0.437 e. The lowest BCUT2D eigenvalue weighted by atomic mass is 10.1. The van der Waals surface area contributed by atoms with Gasteiger partial charge in [0.25, 0.3) is 5.56 Å². The molecule has 1 aromatic carbocycles. The van der Waals surface area contributed by atoms with Crippen LogP contribution in [0.25, 0.3) is 0 Å². The summed E-state index contributed by atoms with van der Waals surface area (Å²) in [5.41, 5.74) is 5.35. The maximum atomic E-state index is 12.2. The molecule has 0 bridgehead atoms. The second-order valence-corrected chi connectivity index (χ2v) is 3.79. The first-order valence-corrected chi connectivity index (χ1v) is 5.44. The Bertz CT molecular complexity index is 617. The molecule has 0 atom stereocenters. The van der Waals surface area contributed by atoms with Gasteiger partial charge in [0.05, 0.1) is 6.33 Å². The normalized spacial score (nSPS) is 10.2. The molecule has 1 aromatic heterocycles. The number of nitrogens with two attached hydrogens (primary N) is 1. The van der Waals surface area contributed by atoms with Crippen molar-refractivity contribution in [1.29, 1.82) is 0 Å². The highest BCUT2D eigenvalue weighted by molar-refractivity contribution is 5.85. The van der Waals surface area contributed by atoms with E-state index >= 15 is 0 Å². The van der Waals surface area contributed by atoms with Gasteiger partial charge in [-0.1, -0.05) is 12.1 Å². The minimum Gasteiger partial charge on any atom is -0.437 e. The summed E-state index contributed by atoms with van der Waals surface area (Å²) in [5, 5.41) is 0. The number of halogens is 3. The quantitative estimate of drug-likeness (QED) is 0.908. The van der Waals surface area contributed by atoms with Crippen molar-refractivity contribution in [2.75, 3.05) is 5.73 Å². The van der Waals surface area contributed by atoms with Crippen molar-refractivity contribution in [3.05, 3.63) is 46.5 Å². The third-order valence-electron chi connectivity index (χ3n) is 2.38. The van der Waals surface area contributed by atoms with Crippen molar-refractivity contribution < 1.29 is 13.5 Å². The third-order valence-corrected chi connectivity index (χ3v) is 2.38. The average Bonchev–Trinajstić information content (AvgIpc) is 2.37. The van der Waals surface area contributed by atoms with Crippen molar-refractivity contribution in [2.45, 2.75) is 12.8 Å². The fourth-order valence-corrected chi connectivity index (χ4v) is 1.46. The van der Waals surface area contributed by atoms with Gasteiger partial charge in [-0.15, -0.1) is 12.4 Å². The van der Waals surface area contributed by atoms with Gasteiger partial charge in [-0.25, -0.2) is 13.8 Å². The van der Waals surface area contributed by atoms with Crippen LogP contribution >= 0.6 is 12.4 Å². The lowest BCUT2D eigenvalue weighted by molar-refractivity contribution is 0.149. The van der Waals surface area contributed by atoms with Crippen LogP contribution < -0.4 is 16.0 Å². The molecule has 3 N–H and O–H groups in total. The molecule has 0 radical (unpaired) electrons. The van der Waals surface area contributed by atoms with Crippen molar-refractivity contribution in [2.24, 2.45) is 0 Å². The second-order valence-electron chi connectivity index (χ2n) is 3.79. The van der Waals surface area contributed by atoms with E-state index in [1.54, 1.807) is 0 Å². The highest BCUT2D eigenvalue weighted by Gasteiger charge is 2.08. The predicted molar refractivity (Wildman–Crippen MR) is 72.7 cm³/mol. The summed E-state index contributed by atoms with van der Waals surface area (Å²) in [4.78, 5) is 17.3. The molecule has 2 aromatic rings. The molecular formula is C12H12ClF2N3O2. The summed E-state index contributed by atoms with van der Waals surface area (Å²) in [7, 11) is 0. The smallest absolute Gasteiger partial charge is 0.277 e. The number of nitrogens with one attached hydrogen (secondary N) is 1. The zero-order valence-corrected chi connectivity index (χ0v) is 11.0. The van der Waals surface area contributed by atoms with Crippen molar-refractivity contribution >= 4 is 18.1 Å². The van der Waals surface area contributed by atoms with E-state index in [4.69, 9.17) is 10.5 Å². The number of alkyl halides is 2. The monoisotopic (exact) mass is 303 g/mol. The lowest BCUT2D eigenvalue weighted by Crippen LogP contribution is -2.13. The second kappa shape index (κ2) is 6.85. The molecule has 0 fully saturated rings. The van der Waals surface area contributed by atoms with Crippen LogP contribution in [0.2, 0.25) is 0 Å². The average molecular weight is 304 g/mol. The van der Waals surface area contributed by atoms with Crippen LogP contribution in [-0.2, 0) is 6.42 Å². The van der Waals surface area contributed by atoms with Crippen molar-refractivity contribution in [3.8, 4) is 11.6 Å². The van der Waals surface area contributed by atoms with Crippen LogP contribution in [0.4, 0.5) is 14.5 Å². The molecule has 0 saturated carbocycles. The topological polar surface area (TPSA) is 81.0 Å². The SMILES string of the molecule is Cl.Nc1c(Oc2ccc(CC(F)F)cc2)nc[nH]c1=O. The van der Waals surface area contributed by atoms with Crippen LogP contribution in [0, 0.1) is 0 Å². The molecule has 5 nitrogen and oxygen atoms in total. The first-order valence-electron chi connectivity index (χ1n) is 5.44. The number of rotatable bonds is 4. The fraction of sp³-hybridized carbons (Fsp3) is 0.167. The molecule has 0 aliphatic rings. The summed E-state index contributed by atoms with van der Waals surface area (Å²) in [5.74, 6) is 0.341. The zero-order chi connectivity index (χ0) is 13.8. The van der Waals surface area contributed by atoms with Crippen LogP contribution in [0.1, 0.15) is 5.56 Å². The molecule has 0 amide bonds. The minimum atomic E-state index is -2.39. The number of nitrogen functional groups attached to an aromatic ring is 1. The Labute approximate surface area is 119 Å². The Kier molecular flexibility index (Phi) is 5.45. The van der Waals surface area contributed by atoms with Gasteiger partial charge >= 0.3 is 0 Å². The summed E-state index contributed by atoms with van der Waals surface area (Å²) >= 11 is 0. The van der Waals surface area contributed by atoms with Crippen molar-refractivity contribution in [1.82, 2.24) is 9.97 Å². The number of benzene rings is 1. The minimum absolute atomic E-state index is 0. The Balaban J connectivity index is 0.00000200.